The van der Waals surface area contributed by atoms with Crippen LogP contribution in [0.25, 0.3) is 0 Å². The molecule has 3 N–H and O–H groups in total. The van der Waals surface area contributed by atoms with Crippen LogP contribution in [0.3, 0.4) is 0 Å². The minimum atomic E-state index is -0.295. The van der Waals surface area contributed by atoms with Crippen LogP contribution in [0, 0.1) is 6.92 Å². The molecule has 6 nitrogen and oxygen atoms in total. The van der Waals surface area contributed by atoms with Crippen molar-refractivity contribution < 1.29 is 14.6 Å². The molecule has 1 amide bonds. The normalized spacial score (nSPS) is 10.6. The van der Waals surface area contributed by atoms with E-state index in [2.05, 4.69) is 15.8 Å². The summed E-state index contributed by atoms with van der Waals surface area (Å²) in [5, 5.41) is 17.0. The second kappa shape index (κ2) is 8.21. The maximum Gasteiger partial charge on any atom is 0.259 e. The number of benzene rings is 2. The topological polar surface area (TPSA) is 83.0 Å². The van der Waals surface area contributed by atoms with Crippen molar-refractivity contribution in [3.8, 4) is 11.5 Å². The molecule has 0 radical (unpaired) electrons. The molecule has 0 saturated heterocycles. The maximum absolute atomic E-state index is 11.8. The summed E-state index contributed by atoms with van der Waals surface area (Å²) in [6.07, 6.45) is 1.46. The van der Waals surface area contributed by atoms with Crippen molar-refractivity contribution in [3.05, 3.63) is 52.5 Å². The van der Waals surface area contributed by atoms with E-state index in [0.29, 0.717) is 16.3 Å². The van der Waals surface area contributed by atoms with Crippen LogP contribution in [0.4, 0.5) is 5.69 Å². The lowest BCUT2D eigenvalue weighted by atomic mass is 10.2. The van der Waals surface area contributed by atoms with Crippen molar-refractivity contribution in [2.45, 2.75) is 6.92 Å². The van der Waals surface area contributed by atoms with Crippen molar-refractivity contribution in [3.63, 3.8) is 0 Å². The van der Waals surface area contributed by atoms with Gasteiger partial charge in [-0.3, -0.25) is 4.79 Å². The Kier molecular flexibility index (Phi) is 6.03. The smallest absolute Gasteiger partial charge is 0.259 e. The van der Waals surface area contributed by atoms with Gasteiger partial charge in [-0.1, -0.05) is 17.7 Å². The Hall–Kier alpha value is -2.73. The number of hydrazone groups is 1. The fourth-order valence-electron chi connectivity index (χ4n) is 1.97. The van der Waals surface area contributed by atoms with Crippen LogP contribution in [0.15, 0.2) is 41.5 Å². The Morgan fingerprint density at radius 1 is 1.38 bits per heavy atom. The summed E-state index contributed by atoms with van der Waals surface area (Å²) in [6.45, 7) is 1.94. The molecule has 24 heavy (non-hydrogen) atoms. The number of phenolic OH excluding ortho intramolecular Hbond substituents is 1. The molecule has 0 aliphatic heterocycles. The molecule has 126 valence electrons. The molecule has 2 aromatic rings. The van der Waals surface area contributed by atoms with Crippen LogP contribution >= 0.6 is 11.6 Å². The molecule has 0 aliphatic carbocycles. The number of ether oxygens (including phenoxy) is 1. The fourth-order valence-corrected chi connectivity index (χ4v) is 2.14. The third kappa shape index (κ3) is 4.63. The van der Waals surface area contributed by atoms with E-state index in [1.807, 2.05) is 19.1 Å². The first-order valence-corrected chi connectivity index (χ1v) is 7.57. The number of rotatable bonds is 6. The van der Waals surface area contributed by atoms with Crippen LogP contribution < -0.4 is 15.5 Å². The average Bonchev–Trinajstić information content (AvgIpc) is 2.57. The van der Waals surface area contributed by atoms with Gasteiger partial charge < -0.3 is 15.2 Å². The number of carbonyl (C=O) groups is 1. The van der Waals surface area contributed by atoms with Gasteiger partial charge in [0, 0.05) is 10.7 Å². The van der Waals surface area contributed by atoms with Crippen LogP contribution in [-0.2, 0) is 4.79 Å². The van der Waals surface area contributed by atoms with E-state index in [-0.39, 0.29) is 18.2 Å². The van der Waals surface area contributed by atoms with E-state index in [4.69, 9.17) is 16.3 Å². The number of hydrogen-bond donors (Lipinski definition) is 3. The third-order valence-corrected chi connectivity index (χ3v) is 3.72. The van der Waals surface area contributed by atoms with Crippen molar-refractivity contribution in [1.29, 1.82) is 0 Å². The largest absolute Gasteiger partial charge is 0.504 e. The molecule has 2 rings (SSSR count). The highest BCUT2D eigenvalue weighted by atomic mass is 35.5. The second-order valence-corrected chi connectivity index (χ2v) is 5.40. The van der Waals surface area contributed by atoms with Gasteiger partial charge in [-0.05, 0) is 48.4 Å². The number of halogens is 1. The van der Waals surface area contributed by atoms with E-state index in [1.165, 1.54) is 19.4 Å². The predicted molar refractivity (Wildman–Crippen MR) is 95.1 cm³/mol. The third-order valence-electron chi connectivity index (χ3n) is 3.31. The molecule has 0 aliphatic rings. The SMILES string of the molecule is COc1cc(/C=N/NC(=O)CNc2cccc(Cl)c2C)ccc1O. The van der Waals surface area contributed by atoms with Crippen molar-refractivity contribution in [2.24, 2.45) is 5.10 Å². The summed E-state index contributed by atoms with van der Waals surface area (Å²) in [7, 11) is 1.46. The highest BCUT2D eigenvalue weighted by Crippen LogP contribution is 2.25. The lowest BCUT2D eigenvalue weighted by molar-refractivity contribution is -0.119. The lowest BCUT2D eigenvalue weighted by Crippen LogP contribution is -2.26. The van der Waals surface area contributed by atoms with Crippen molar-refractivity contribution in [1.82, 2.24) is 5.43 Å². The molecule has 0 unspecified atom stereocenters. The lowest BCUT2D eigenvalue weighted by Gasteiger charge is -2.09. The van der Waals surface area contributed by atoms with Crippen molar-refractivity contribution >= 4 is 29.4 Å². The quantitative estimate of drug-likeness (QED) is 0.554. The molecule has 0 atom stereocenters. The predicted octanol–water partition coefficient (Wildman–Crippen LogP) is 2.92. The summed E-state index contributed by atoms with van der Waals surface area (Å²) in [5.41, 5.74) is 4.78. The van der Waals surface area contributed by atoms with E-state index < -0.39 is 0 Å². The highest BCUT2D eigenvalue weighted by Gasteiger charge is 2.04. The van der Waals surface area contributed by atoms with Gasteiger partial charge in [-0.2, -0.15) is 5.10 Å². The monoisotopic (exact) mass is 347 g/mol. The van der Waals surface area contributed by atoms with Gasteiger partial charge in [0.05, 0.1) is 19.9 Å². The van der Waals surface area contributed by atoms with Gasteiger partial charge in [-0.25, -0.2) is 5.43 Å². The number of methoxy groups -OCH3 is 1. The molecule has 2 aromatic carbocycles. The minimum Gasteiger partial charge on any atom is -0.504 e. The van der Waals surface area contributed by atoms with Crippen LogP contribution in [0.2, 0.25) is 5.02 Å². The molecule has 7 heteroatoms. The Morgan fingerprint density at radius 2 is 2.17 bits per heavy atom. The number of amides is 1. The van der Waals surface area contributed by atoms with Gasteiger partial charge in [-0.15, -0.1) is 0 Å². The first-order chi connectivity index (χ1) is 11.5. The zero-order valence-corrected chi connectivity index (χ0v) is 14.1. The molecule has 0 heterocycles. The van der Waals surface area contributed by atoms with Gasteiger partial charge >= 0.3 is 0 Å². The van der Waals surface area contributed by atoms with E-state index in [0.717, 1.165) is 11.3 Å². The standard InChI is InChI=1S/C17H18ClN3O3/c1-11-13(18)4-3-5-14(11)19-10-17(23)21-20-9-12-6-7-15(22)16(8-12)24-2/h3-9,19,22H,10H2,1-2H3,(H,21,23)/b20-9+. The number of carbonyl (C=O) groups excluding carboxylic acids is 1. The zero-order chi connectivity index (χ0) is 17.5. The van der Waals surface area contributed by atoms with Gasteiger partial charge in [0.25, 0.3) is 5.91 Å². The van der Waals surface area contributed by atoms with Gasteiger partial charge in [0.2, 0.25) is 0 Å². The number of nitrogens with one attached hydrogen (secondary N) is 2. The van der Waals surface area contributed by atoms with E-state index in [9.17, 15) is 9.90 Å². The molecule has 0 fully saturated rings. The van der Waals surface area contributed by atoms with Crippen molar-refractivity contribution in [2.75, 3.05) is 19.0 Å². The second-order valence-electron chi connectivity index (χ2n) is 4.99. The number of anilines is 1. The molecular weight excluding hydrogens is 330 g/mol. The first-order valence-electron chi connectivity index (χ1n) is 7.19. The maximum atomic E-state index is 11.8. The number of nitrogens with zero attached hydrogens (tertiary/aromatic N) is 1. The Morgan fingerprint density at radius 3 is 2.92 bits per heavy atom. The number of aromatic hydroxyl groups is 1. The Bertz CT molecular complexity index is 763. The van der Waals surface area contributed by atoms with Gasteiger partial charge in [0.1, 0.15) is 0 Å². The van der Waals surface area contributed by atoms with Gasteiger partial charge in [0.15, 0.2) is 11.5 Å². The fraction of sp³-hybridized carbons (Fsp3) is 0.176. The molecular formula is C17H18ClN3O3. The average molecular weight is 348 g/mol. The van der Waals surface area contributed by atoms with Crippen LogP contribution in [0.5, 0.6) is 11.5 Å². The van der Waals surface area contributed by atoms with Crippen LogP contribution in [-0.4, -0.2) is 30.9 Å². The number of hydrogen-bond acceptors (Lipinski definition) is 5. The molecule has 0 spiro atoms. The minimum absolute atomic E-state index is 0.0415. The summed E-state index contributed by atoms with van der Waals surface area (Å²) in [5.74, 6) is 0.0829. The van der Waals surface area contributed by atoms with E-state index >= 15 is 0 Å². The summed E-state index contributed by atoms with van der Waals surface area (Å²) in [6, 6.07) is 10.2. The summed E-state index contributed by atoms with van der Waals surface area (Å²) < 4.78 is 5.00. The molecule has 0 bridgehead atoms. The highest BCUT2D eigenvalue weighted by molar-refractivity contribution is 6.31. The summed E-state index contributed by atoms with van der Waals surface area (Å²) in [4.78, 5) is 11.8. The zero-order valence-electron chi connectivity index (χ0n) is 13.3. The van der Waals surface area contributed by atoms with Crippen LogP contribution in [0.1, 0.15) is 11.1 Å². The molecule has 0 aromatic heterocycles. The first kappa shape index (κ1) is 17.6. The molecule has 0 saturated carbocycles. The number of phenols is 1. The Labute approximate surface area is 145 Å². The Balaban J connectivity index is 1.88. The van der Waals surface area contributed by atoms with E-state index in [1.54, 1.807) is 18.2 Å². The summed E-state index contributed by atoms with van der Waals surface area (Å²) >= 11 is 6.02.